The summed E-state index contributed by atoms with van der Waals surface area (Å²) in [6, 6.07) is 0. The van der Waals surface area contributed by atoms with Gasteiger partial charge in [0, 0.05) is 5.75 Å². The van der Waals surface area contributed by atoms with Gasteiger partial charge in [-0.15, -0.1) is 0 Å². The summed E-state index contributed by atoms with van der Waals surface area (Å²) in [5, 5.41) is 0. The summed E-state index contributed by atoms with van der Waals surface area (Å²) in [4.78, 5) is 10.6. The maximum Gasteiger partial charge on any atom is 0.508 e. The SMILES string of the molecule is [3H]SCCOC(=O)OC(C)C. The van der Waals surface area contributed by atoms with Crippen molar-refractivity contribution < 1.29 is 14.3 Å². The molecule has 0 unspecified atom stereocenters. The van der Waals surface area contributed by atoms with Crippen molar-refractivity contribution in [3.8, 4) is 0 Å². The fourth-order valence-corrected chi connectivity index (χ4v) is 0.435. The van der Waals surface area contributed by atoms with Gasteiger partial charge in [-0.1, -0.05) is 0 Å². The van der Waals surface area contributed by atoms with Gasteiger partial charge in [0.15, 0.2) is 0 Å². The molecule has 0 atom stereocenters. The highest BCUT2D eigenvalue weighted by Gasteiger charge is 2.04. The van der Waals surface area contributed by atoms with Gasteiger partial charge < -0.3 is 9.47 Å². The first-order valence-corrected chi connectivity index (χ1v) is 3.66. The van der Waals surface area contributed by atoms with E-state index in [4.69, 9.17) is 1.12 Å². The molecule has 0 aromatic rings. The summed E-state index contributed by atoms with van der Waals surface area (Å²) in [6.07, 6.45) is -0.805. The summed E-state index contributed by atoms with van der Waals surface area (Å²) in [6.45, 7) is 3.74. The Morgan fingerprint density at radius 2 is 2.50 bits per heavy atom. The minimum absolute atomic E-state index is 0.147. The lowest BCUT2D eigenvalue weighted by atomic mass is 10.5. The van der Waals surface area contributed by atoms with Crippen LogP contribution < -0.4 is 0 Å². The second-order valence-electron chi connectivity index (χ2n) is 1.97. The Kier molecular flexibility index (Phi) is 4.18. The monoisotopic (exact) mass is 166 g/mol. The average Bonchev–Trinajstić information content (AvgIpc) is 1.86. The lowest BCUT2D eigenvalue weighted by Gasteiger charge is -2.06. The molecule has 0 aliphatic rings. The van der Waals surface area contributed by atoms with Gasteiger partial charge in [0.25, 0.3) is 0 Å². The molecule has 4 heteroatoms. The average molecular weight is 166 g/mol. The van der Waals surface area contributed by atoms with E-state index < -0.39 is 6.16 Å². The van der Waals surface area contributed by atoms with Crippen LogP contribution in [0.3, 0.4) is 0 Å². The smallest absolute Gasteiger partial charge is 0.433 e. The number of hydrogen-bond acceptors (Lipinski definition) is 4. The molecule has 60 valence electrons. The number of ether oxygens (including phenoxy) is 2. The fourth-order valence-electron chi connectivity index (χ4n) is 0.351. The zero-order valence-electron chi connectivity index (χ0n) is 7.12. The van der Waals surface area contributed by atoms with E-state index in [2.05, 4.69) is 9.47 Å². The van der Waals surface area contributed by atoms with E-state index in [1.165, 1.54) is 0 Å². The van der Waals surface area contributed by atoms with E-state index in [1.54, 1.807) is 13.8 Å². The molecule has 0 rings (SSSR count). The van der Waals surface area contributed by atoms with Crippen LogP contribution in [0.2, 0.25) is 0 Å². The van der Waals surface area contributed by atoms with E-state index in [9.17, 15) is 4.79 Å². The third-order valence-electron chi connectivity index (χ3n) is 0.635. The summed E-state index contributed by atoms with van der Waals surface area (Å²) in [7, 11) is 0. The Morgan fingerprint density at radius 1 is 1.80 bits per heavy atom. The Morgan fingerprint density at radius 3 is 3.00 bits per heavy atom. The van der Waals surface area contributed by atoms with Gasteiger partial charge in [-0.05, 0) is 13.8 Å². The summed E-state index contributed by atoms with van der Waals surface area (Å²) in [5.41, 5.74) is 0. The molecule has 0 N–H and O–H groups in total. The molecular formula is C6H12O3S. The normalized spacial score (nSPS) is 10.9. The second-order valence-corrected chi connectivity index (χ2v) is 2.38. The van der Waals surface area contributed by atoms with Crippen LogP contribution >= 0.6 is 12.5 Å². The lowest BCUT2D eigenvalue weighted by molar-refractivity contribution is 0.0385. The predicted molar refractivity (Wildman–Crippen MR) is 41.4 cm³/mol. The van der Waals surface area contributed by atoms with Gasteiger partial charge >= 0.3 is 6.16 Å². The van der Waals surface area contributed by atoms with Gasteiger partial charge in [-0.25, -0.2) is 4.79 Å². The van der Waals surface area contributed by atoms with Crippen LogP contribution in [0.1, 0.15) is 13.8 Å². The van der Waals surface area contributed by atoms with Crippen molar-refractivity contribution in [2.75, 3.05) is 12.4 Å². The molecule has 0 bridgehead atoms. The summed E-state index contributed by atoms with van der Waals surface area (Å²) >= 11 is 0.880. The minimum Gasteiger partial charge on any atom is -0.433 e. The first-order chi connectivity index (χ1) is 5.16. The van der Waals surface area contributed by atoms with E-state index >= 15 is 0 Å². The standard InChI is InChI=1S/C6H12O3S/c1-5(2)9-6(7)8-3-4-10/h5,10H,3-4H2,1-2H3/i/hT. The maximum atomic E-state index is 10.6. The lowest BCUT2D eigenvalue weighted by Crippen LogP contribution is -2.13. The van der Waals surface area contributed by atoms with Crippen LogP contribution in [0, 0.1) is 0 Å². The van der Waals surface area contributed by atoms with Crippen LogP contribution in [-0.2, 0) is 9.47 Å². The zero-order valence-corrected chi connectivity index (χ0v) is 6.94. The first kappa shape index (κ1) is 7.72. The van der Waals surface area contributed by atoms with Crippen LogP contribution in [0.15, 0.2) is 0 Å². The molecule has 0 amide bonds. The number of hydrogen-bond donors (Lipinski definition) is 1. The largest absolute Gasteiger partial charge is 0.508 e. The minimum atomic E-state index is -0.658. The van der Waals surface area contributed by atoms with Crippen molar-refractivity contribution in [2.24, 2.45) is 0 Å². The van der Waals surface area contributed by atoms with E-state index in [0.29, 0.717) is 5.75 Å². The molecule has 0 spiro atoms. The topological polar surface area (TPSA) is 35.5 Å². The quantitative estimate of drug-likeness (QED) is 0.390. The molecule has 0 aromatic heterocycles. The fraction of sp³-hybridized carbons (Fsp3) is 0.833. The molecule has 0 saturated carbocycles. The van der Waals surface area contributed by atoms with Crippen molar-refractivity contribution in [1.82, 2.24) is 0 Å². The maximum absolute atomic E-state index is 10.6. The van der Waals surface area contributed by atoms with E-state index in [0.717, 1.165) is 12.5 Å². The Balaban J connectivity index is 3.23. The van der Waals surface area contributed by atoms with Crippen molar-refractivity contribution in [3.05, 3.63) is 0 Å². The van der Waals surface area contributed by atoms with Gasteiger partial charge in [0.1, 0.15) is 7.73 Å². The van der Waals surface area contributed by atoms with Crippen molar-refractivity contribution in [2.45, 2.75) is 20.0 Å². The first-order valence-electron chi connectivity index (χ1n) is 3.49. The highest BCUT2D eigenvalue weighted by Crippen LogP contribution is 1.92. The van der Waals surface area contributed by atoms with Gasteiger partial charge in [0.05, 0.1) is 6.10 Å². The predicted octanol–water partition coefficient (Wildman–Crippen LogP) is 1.48. The molecule has 0 fully saturated rings. The van der Waals surface area contributed by atoms with Crippen LogP contribution in [0.5, 0.6) is 0 Å². The molecule has 0 radical (unpaired) electrons. The zero-order chi connectivity index (χ0) is 8.69. The van der Waals surface area contributed by atoms with Crippen LogP contribution in [0.4, 0.5) is 4.79 Å². The molecule has 0 heterocycles. The van der Waals surface area contributed by atoms with Gasteiger partial charge in [0.2, 0.25) is 0 Å². The molecule has 0 aliphatic heterocycles. The Hall–Kier alpha value is -0.380. The van der Waals surface area contributed by atoms with Crippen molar-refractivity contribution in [1.29, 1.82) is 1.12 Å². The molecule has 0 saturated heterocycles. The van der Waals surface area contributed by atoms with E-state index in [-0.39, 0.29) is 12.7 Å². The summed E-state index contributed by atoms with van der Waals surface area (Å²) in [5.74, 6) is 0.479. The highest BCUT2D eigenvalue weighted by molar-refractivity contribution is 7.80. The Labute approximate surface area is 67.2 Å². The van der Waals surface area contributed by atoms with Crippen LogP contribution in [0.25, 0.3) is 0 Å². The highest BCUT2D eigenvalue weighted by atomic mass is 32.1. The molecule has 0 aliphatic carbocycles. The van der Waals surface area contributed by atoms with Crippen molar-refractivity contribution in [3.63, 3.8) is 0 Å². The van der Waals surface area contributed by atoms with Crippen molar-refractivity contribution >= 4 is 18.7 Å². The summed E-state index contributed by atoms with van der Waals surface area (Å²) < 4.78 is 15.9. The van der Waals surface area contributed by atoms with Crippen LogP contribution in [-0.4, -0.2) is 25.7 Å². The molecular weight excluding hydrogens is 152 g/mol. The van der Waals surface area contributed by atoms with E-state index in [1.807, 2.05) is 0 Å². The molecule has 3 nitrogen and oxygen atoms in total. The number of carbonyl (C=O) groups is 1. The third-order valence-corrected chi connectivity index (χ3v) is 0.802. The molecule has 10 heavy (non-hydrogen) atoms. The van der Waals surface area contributed by atoms with Gasteiger partial charge in [-0.2, -0.15) is 12.5 Å². The van der Waals surface area contributed by atoms with Gasteiger partial charge in [-0.3, -0.25) is 0 Å². The Bertz CT molecular complexity index is 118. The number of carbonyl (C=O) groups excluding carboxylic acids is 1. The number of thiol groups is 1. The second kappa shape index (κ2) is 5.41. The molecule has 0 aromatic carbocycles. The third kappa shape index (κ3) is 5.75. The number of rotatable bonds is 4.